The molecule has 1 saturated heterocycles. The van der Waals surface area contributed by atoms with Gasteiger partial charge in [-0.3, -0.25) is 4.90 Å². The maximum absolute atomic E-state index is 5.34. The number of hydrogen-bond acceptors (Lipinski definition) is 2. The molecule has 0 saturated carbocycles. The highest BCUT2D eigenvalue weighted by Crippen LogP contribution is 2.10. The Kier molecular flexibility index (Phi) is 3.09. The fraction of sp³-hybridized carbons (Fsp3) is 0.778. The molecule has 0 bridgehead atoms. The minimum atomic E-state index is 0.420. The van der Waals surface area contributed by atoms with Crippen molar-refractivity contribution in [1.29, 1.82) is 0 Å². The van der Waals surface area contributed by atoms with Crippen LogP contribution in [0.15, 0.2) is 12.7 Å². The van der Waals surface area contributed by atoms with Crippen LogP contribution in [0.5, 0.6) is 0 Å². The number of ether oxygens (including phenoxy) is 1. The summed E-state index contributed by atoms with van der Waals surface area (Å²) in [5.74, 6) is 0. The average molecular weight is 155 g/mol. The van der Waals surface area contributed by atoms with Crippen molar-refractivity contribution in [1.82, 2.24) is 4.90 Å². The molecule has 0 aromatic carbocycles. The van der Waals surface area contributed by atoms with Gasteiger partial charge in [-0.15, -0.1) is 6.58 Å². The van der Waals surface area contributed by atoms with Crippen molar-refractivity contribution in [3.05, 3.63) is 12.7 Å². The molecule has 2 heteroatoms. The van der Waals surface area contributed by atoms with E-state index in [1.54, 1.807) is 0 Å². The van der Waals surface area contributed by atoms with Crippen LogP contribution in [-0.2, 0) is 4.74 Å². The Morgan fingerprint density at radius 3 is 2.82 bits per heavy atom. The van der Waals surface area contributed by atoms with Crippen molar-refractivity contribution in [2.45, 2.75) is 25.9 Å². The maximum Gasteiger partial charge on any atom is 0.0658 e. The first-order valence-corrected chi connectivity index (χ1v) is 4.21. The third-order valence-corrected chi connectivity index (χ3v) is 2.14. The monoisotopic (exact) mass is 155 g/mol. The highest BCUT2D eigenvalue weighted by Gasteiger charge is 2.21. The zero-order chi connectivity index (χ0) is 8.27. The summed E-state index contributed by atoms with van der Waals surface area (Å²) < 4.78 is 5.34. The Morgan fingerprint density at radius 2 is 2.36 bits per heavy atom. The van der Waals surface area contributed by atoms with Crippen molar-refractivity contribution in [3.8, 4) is 0 Å². The molecule has 11 heavy (non-hydrogen) atoms. The van der Waals surface area contributed by atoms with E-state index in [1.807, 2.05) is 6.08 Å². The Hall–Kier alpha value is -0.340. The highest BCUT2D eigenvalue weighted by molar-refractivity contribution is 4.91. The van der Waals surface area contributed by atoms with Crippen molar-refractivity contribution in [2.75, 3.05) is 19.8 Å². The summed E-state index contributed by atoms with van der Waals surface area (Å²) >= 11 is 0. The molecular weight excluding hydrogens is 138 g/mol. The van der Waals surface area contributed by atoms with Gasteiger partial charge in [0.1, 0.15) is 0 Å². The summed E-state index contributed by atoms with van der Waals surface area (Å²) in [5, 5.41) is 0. The van der Waals surface area contributed by atoms with Crippen LogP contribution in [0.4, 0.5) is 0 Å². The second kappa shape index (κ2) is 3.88. The van der Waals surface area contributed by atoms with Crippen LogP contribution in [0.3, 0.4) is 0 Å². The van der Waals surface area contributed by atoms with Crippen LogP contribution < -0.4 is 0 Å². The lowest BCUT2D eigenvalue weighted by molar-refractivity contribution is -0.00426. The molecule has 0 N–H and O–H groups in total. The minimum Gasteiger partial charge on any atom is -0.378 e. The van der Waals surface area contributed by atoms with Crippen molar-refractivity contribution < 1.29 is 4.74 Å². The zero-order valence-electron chi connectivity index (χ0n) is 7.42. The van der Waals surface area contributed by atoms with Crippen LogP contribution in [0.2, 0.25) is 0 Å². The number of nitrogens with zero attached hydrogens (tertiary/aromatic N) is 1. The number of morpholine rings is 1. The second-order valence-electron chi connectivity index (χ2n) is 3.21. The molecule has 2 nitrogen and oxygen atoms in total. The Labute approximate surface area is 68.8 Å². The molecular formula is C9H17NO. The van der Waals surface area contributed by atoms with Crippen molar-refractivity contribution in [3.63, 3.8) is 0 Å². The van der Waals surface area contributed by atoms with Crippen molar-refractivity contribution in [2.24, 2.45) is 0 Å². The van der Waals surface area contributed by atoms with Gasteiger partial charge in [0.2, 0.25) is 0 Å². The quantitative estimate of drug-likeness (QED) is 0.557. The number of rotatable bonds is 2. The van der Waals surface area contributed by atoms with Gasteiger partial charge >= 0.3 is 0 Å². The van der Waals surface area contributed by atoms with Gasteiger partial charge in [0, 0.05) is 12.6 Å². The van der Waals surface area contributed by atoms with Crippen LogP contribution in [0.1, 0.15) is 13.8 Å². The molecule has 0 aromatic rings. The third-order valence-electron chi connectivity index (χ3n) is 2.14. The normalized spacial score (nSPS) is 27.4. The van der Waals surface area contributed by atoms with Gasteiger partial charge in [-0.1, -0.05) is 6.08 Å². The van der Waals surface area contributed by atoms with E-state index >= 15 is 0 Å². The molecule has 0 radical (unpaired) electrons. The van der Waals surface area contributed by atoms with Gasteiger partial charge in [0.15, 0.2) is 0 Å². The van der Waals surface area contributed by atoms with E-state index in [0.29, 0.717) is 12.1 Å². The van der Waals surface area contributed by atoms with Crippen molar-refractivity contribution >= 4 is 0 Å². The van der Waals surface area contributed by atoms with Gasteiger partial charge in [-0.2, -0.15) is 0 Å². The standard InChI is InChI=1S/C9H17NO/c1-4-9-7-11-6-5-10(9)8(2)3/h4,8-9H,1,5-7H2,2-3H3. The van der Waals surface area contributed by atoms with Gasteiger partial charge < -0.3 is 4.74 Å². The summed E-state index contributed by atoms with van der Waals surface area (Å²) in [4.78, 5) is 2.41. The summed E-state index contributed by atoms with van der Waals surface area (Å²) in [7, 11) is 0. The van der Waals surface area contributed by atoms with Crippen LogP contribution in [0, 0.1) is 0 Å². The first-order valence-electron chi connectivity index (χ1n) is 4.21. The minimum absolute atomic E-state index is 0.420. The third kappa shape index (κ3) is 2.04. The Balaban J connectivity index is 2.51. The lowest BCUT2D eigenvalue weighted by Gasteiger charge is -2.36. The lowest BCUT2D eigenvalue weighted by atomic mass is 10.2. The molecule has 1 aliphatic heterocycles. The molecule has 64 valence electrons. The van der Waals surface area contributed by atoms with E-state index in [1.165, 1.54) is 0 Å². The van der Waals surface area contributed by atoms with Gasteiger partial charge in [0.05, 0.1) is 19.3 Å². The largest absolute Gasteiger partial charge is 0.378 e. The first-order chi connectivity index (χ1) is 5.25. The zero-order valence-corrected chi connectivity index (χ0v) is 7.42. The highest BCUT2D eigenvalue weighted by atomic mass is 16.5. The molecule has 0 amide bonds. The van der Waals surface area contributed by atoms with Gasteiger partial charge in [0.25, 0.3) is 0 Å². The second-order valence-corrected chi connectivity index (χ2v) is 3.21. The summed E-state index contributed by atoms with van der Waals surface area (Å²) in [6, 6.07) is 1.02. The van der Waals surface area contributed by atoms with E-state index in [0.717, 1.165) is 19.8 Å². The van der Waals surface area contributed by atoms with Gasteiger partial charge in [-0.25, -0.2) is 0 Å². The molecule has 0 aromatic heterocycles. The van der Waals surface area contributed by atoms with Gasteiger partial charge in [-0.05, 0) is 13.8 Å². The molecule has 0 spiro atoms. The van der Waals surface area contributed by atoms with E-state index < -0.39 is 0 Å². The maximum atomic E-state index is 5.34. The molecule has 1 aliphatic rings. The Morgan fingerprint density at radius 1 is 1.64 bits per heavy atom. The average Bonchev–Trinajstić information content (AvgIpc) is 2.04. The van der Waals surface area contributed by atoms with Crippen LogP contribution in [-0.4, -0.2) is 36.7 Å². The lowest BCUT2D eigenvalue weighted by Crippen LogP contribution is -2.47. The Bertz CT molecular complexity index is 134. The smallest absolute Gasteiger partial charge is 0.0658 e. The SMILES string of the molecule is C=CC1COCCN1C(C)C. The van der Waals surface area contributed by atoms with Crippen LogP contribution >= 0.6 is 0 Å². The molecule has 1 atom stereocenters. The van der Waals surface area contributed by atoms with E-state index in [9.17, 15) is 0 Å². The predicted molar refractivity (Wildman–Crippen MR) is 46.6 cm³/mol. The fourth-order valence-electron chi connectivity index (χ4n) is 1.48. The molecule has 1 heterocycles. The van der Waals surface area contributed by atoms with E-state index in [-0.39, 0.29) is 0 Å². The summed E-state index contributed by atoms with van der Waals surface area (Å²) in [6.07, 6.45) is 1.97. The molecule has 1 rings (SSSR count). The van der Waals surface area contributed by atoms with E-state index in [2.05, 4.69) is 25.3 Å². The van der Waals surface area contributed by atoms with Crippen LogP contribution in [0.25, 0.3) is 0 Å². The number of hydrogen-bond donors (Lipinski definition) is 0. The topological polar surface area (TPSA) is 12.5 Å². The molecule has 0 aliphatic carbocycles. The molecule has 1 fully saturated rings. The fourth-order valence-corrected chi connectivity index (χ4v) is 1.48. The summed E-state index contributed by atoms with van der Waals surface area (Å²) in [5.41, 5.74) is 0. The first kappa shape index (κ1) is 8.75. The summed E-state index contributed by atoms with van der Waals surface area (Å²) in [6.45, 7) is 10.9. The predicted octanol–water partition coefficient (Wildman–Crippen LogP) is 1.28. The molecule has 1 unspecified atom stereocenters. The van der Waals surface area contributed by atoms with E-state index in [4.69, 9.17) is 4.74 Å².